The van der Waals surface area contributed by atoms with Crippen molar-refractivity contribution < 1.29 is 4.42 Å². The largest absolute Gasteiger partial charge is 0.406 e. The number of hydrogen-bond donors (Lipinski definition) is 2. The number of aromatic nitrogens is 2. The average Bonchev–Trinajstić information content (AvgIpc) is 2.88. The van der Waals surface area contributed by atoms with Crippen molar-refractivity contribution >= 4 is 11.7 Å². The van der Waals surface area contributed by atoms with Crippen molar-refractivity contribution in [2.45, 2.75) is 33.2 Å². The van der Waals surface area contributed by atoms with Gasteiger partial charge in [-0.25, -0.2) is 0 Å². The summed E-state index contributed by atoms with van der Waals surface area (Å²) < 4.78 is 5.49. The molecule has 0 aliphatic carbocycles. The van der Waals surface area contributed by atoms with E-state index in [0.29, 0.717) is 18.5 Å². The number of nitrogens with one attached hydrogen (secondary N) is 2. The topological polar surface area (TPSA) is 63.0 Å². The van der Waals surface area contributed by atoms with E-state index in [9.17, 15) is 0 Å². The maximum absolute atomic E-state index is 5.49. The summed E-state index contributed by atoms with van der Waals surface area (Å²) in [4.78, 5) is 0. The molecule has 102 valence electrons. The van der Waals surface area contributed by atoms with E-state index >= 15 is 0 Å². The van der Waals surface area contributed by atoms with Crippen molar-refractivity contribution in [1.82, 2.24) is 15.5 Å². The third kappa shape index (κ3) is 4.06. The zero-order valence-electron chi connectivity index (χ0n) is 11.4. The van der Waals surface area contributed by atoms with Crippen molar-refractivity contribution in [2.24, 2.45) is 0 Å². The van der Waals surface area contributed by atoms with Gasteiger partial charge in [-0.05, 0) is 37.1 Å². The molecular formula is C14H20N4O. The van der Waals surface area contributed by atoms with Gasteiger partial charge in [0, 0.05) is 5.69 Å². The fourth-order valence-corrected chi connectivity index (χ4v) is 1.69. The van der Waals surface area contributed by atoms with Gasteiger partial charge in [0.15, 0.2) is 0 Å². The smallest absolute Gasteiger partial charge is 0.320 e. The lowest BCUT2D eigenvalue weighted by Gasteiger charge is -2.02. The fraction of sp³-hybridized carbons (Fsp3) is 0.429. The van der Waals surface area contributed by atoms with E-state index in [1.807, 2.05) is 12.1 Å². The van der Waals surface area contributed by atoms with Crippen LogP contribution in [-0.4, -0.2) is 16.7 Å². The average molecular weight is 260 g/mol. The quantitative estimate of drug-likeness (QED) is 0.749. The Labute approximate surface area is 113 Å². The Hall–Kier alpha value is -1.88. The second-order valence-corrected chi connectivity index (χ2v) is 4.35. The number of aryl methyl sites for hydroxylation is 1. The van der Waals surface area contributed by atoms with Crippen LogP contribution in [0.1, 0.15) is 31.7 Å². The number of benzene rings is 1. The highest BCUT2D eigenvalue weighted by Gasteiger charge is 2.05. The van der Waals surface area contributed by atoms with Gasteiger partial charge in [-0.2, -0.15) is 0 Å². The first-order chi connectivity index (χ1) is 9.31. The Balaban J connectivity index is 1.91. The summed E-state index contributed by atoms with van der Waals surface area (Å²) in [6.07, 6.45) is 2.12. The SMILES string of the molecule is CCCNCc1nnc(Nc2ccc(CC)cc2)o1. The predicted octanol–water partition coefficient (Wildman–Crippen LogP) is 2.88. The number of nitrogens with zero attached hydrogens (tertiary/aromatic N) is 2. The number of hydrogen-bond acceptors (Lipinski definition) is 5. The summed E-state index contributed by atoms with van der Waals surface area (Å²) >= 11 is 0. The normalized spacial score (nSPS) is 10.6. The van der Waals surface area contributed by atoms with Crippen LogP contribution < -0.4 is 10.6 Å². The lowest BCUT2D eigenvalue weighted by Crippen LogP contribution is -2.13. The monoisotopic (exact) mass is 260 g/mol. The number of anilines is 2. The molecule has 0 radical (unpaired) electrons. The second-order valence-electron chi connectivity index (χ2n) is 4.35. The Morgan fingerprint density at radius 2 is 1.89 bits per heavy atom. The molecule has 2 N–H and O–H groups in total. The lowest BCUT2D eigenvalue weighted by molar-refractivity contribution is 0.479. The van der Waals surface area contributed by atoms with Crippen LogP contribution in [0.15, 0.2) is 28.7 Å². The van der Waals surface area contributed by atoms with Crippen LogP contribution in [-0.2, 0) is 13.0 Å². The van der Waals surface area contributed by atoms with Crippen LogP contribution in [0.5, 0.6) is 0 Å². The third-order valence-corrected chi connectivity index (χ3v) is 2.78. The van der Waals surface area contributed by atoms with Crippen molar-refractivity contribution in [1.29, 1.82) is 0 Å². The summed E-state index contributed by atoms with van der Waals surface area (Å²) in [5.41, 5.74) is 2.26. The molecule has 0 amide bonds. The summed E-state index contributed by atoms with van der Waals surface area (Å²) in [5.74, 6) is 0.598. The summed E-state index contributed by atoms with van der Waals surface area (Å²) in [7, 11) is 0. The fourth-order valence-electron chi connectivity index (χ4n) is 1.69. The van der Waals surface area contributed by atoms with Crippen molar-refractivity contribution in [3.8, 4) is 0 Å². The van der Waals surface area contributed by atoms with E-state index in [1.165, 1.54) is 5.56 Å². The molecule has 0 saturated carbocycles. The van der Waals surface area contributed by atoms with Gasteiger partial charge in [0.2, 0.25) is 5.89 Å². The van der Waals surface area contributed by atoms with E-state index < -0.39 is 0 Å². The van der Waals surface area contributed by atoms with Gasteiger partial charge in [-0.1, -0.05) is 31.1 Å². The summed E-state index contributed by atoms with van der Waals surface area (Å²) in [6.45, 7) is 5.81. The summed E-state index contributed by atoms with van der Waals surface area (Å²) in [5, 5.41) is 14.3. The molecule has 2 aromatic rings. The van der Waals surface area contributed by atoms with Gasteiger partial charge >= 0.3 is 6.01 Å². The molecule has 1 heterocycles. The van der Waals surface area contributed by atoms with Gasteiger partial charge in [0.1, 0.15) is 0 Å². The van der Waals surface area contributed by atoms with Gasteiger partial charge in [-0.3, -0.25) is 0 Å². The molecule has 5 heteroatoms. The molecule has 0 saturated heterocycles. The first-order valence-corrected chi connectivity index (χ1v) is 6.71. The zero-order chi connectivity index (χ0) is 13.5. The minimum absolute atomic E-state index is 0.428. The van der Waals surface area contributed by atoms with Crippen LogP contribution in [0.3, 0.4) is 0 Å². The van der Waals surface area contributed by atoms with E-state index in [4.69, 9.17) is 4.42 Å². The van der Waals surface area contributed by atoms with Gasteiger partial charge in [-0.15, -0.1) is 5.10 Å². The Morgan fingerprint density at radius 1 is 1.11 bits per heavy atom. The Bertz CT molecular complexity index is 492. The first kappa shape index (κ1) is 13.5. The molecule has 0 unspecified atom stereocenters. The maximum Gasteiger partial charge on any atom is 0.320 e. The second kappa shape index (κ2) is 6.89. The van der Waals surface area contributed by atoms with Crippen LogP contribution in [0.2, 0.25) is 0 Å². The predicted molar refractivity (Wildman–Crippen MR) is 75.4 cm³/mol. The van der Waals surface area contributed by atoms with Crippen molar-refractivity contribution in [2.75, 3.05) is 11.9 Å². The van der Waals surface area contributed by atoms with Crippen molar-refractivity contribution in [3.63, 3.8) is 0 Å². The molecule has 5 nitrogen and oxygen atoms in total. The van der Waals surface area contributed by atoms with E-state index in [1.54, 1.807) is 0 Å². The lowest BCUT2D eigenvalue weighted by atomic mass is 10.1. The molecule has 0 spiro atoms. The van der Waals surface area contributed by atoms with E-state index in [-0.39, 0.29) is 0 Å². The first-order valence-electron chi connectivity index (χ1n) is 6.71. The van der Waals surface area contributed by atoms with Gasteiger partial charge in [0.05, 0.1) is 6.54 Å². The molecule has 19 heavy (non-hydrogen) atoms. The molecule has 1 aromatic heterocycles. The highest BCUT2D eigenvalue weighted by Crippen LogP contribution is 2.16. The molecule has 1 aromatic carbocycles. The Morgan fingerprint density at radius 3 is 2.58 bits per heavy atom. The molecule has 0 aliphatic heterocycles. The molecule has 0 atom stereocenters. The maximum atomic E-state index is 5.49. The standard InChI is InChI=1S/C14H20N4O/c1-3-9-15-10-13-17-18-14(19-13)16-12-7-5-11(4-2)6-8-12/h5-8,15H,3-4,9-10H2,1-2H3,(H,16,18). The van der Waals surface area contributed by atoms with E-state index in [0.717, 1.165) is 25.1 Å². The minimum Gasteiger partial charge on any atom is -0.406 e. The number of rotatable bonds is 7. The highest BCUT2D eigenvalue weighted by atomic mass is 16.4. The minimum atomic E-state index is 0.428. The van der Waals surface area contributed by atoms with Crippen LogP contribution in [0, 0.1) is 0 Å². The Kier molecular flexibility index (Phi) is 4.92. The molecule has 0 aliphatic rings. The van der Waals surface area contributed by atoms with E-state index in [2.05, 4.69) is 46.8 Å². The van der Waals surface area contributed by atoms with Gasteiger partial charge < -0.3 is 15.1 Å². The molecular weight excluding hydrogens is 240 g/mol. The summed E-state index contributed by atoms with van der Waals surface area (Å²) in [6, 6.07) is 8.62. The van der Waals surface area contributed by atoms with Crippen LogP contribution >= 0.6 is 0 Å². The molecule has 0 fully saturated rings. The van der Waals surface area contributed by atoms with Crippen molar-refractivity contribution in [3.05, 3.63) is 35.7 Å². The van der Waals surface area contributed by atoms with Crippen LogP contribution in [0.4, 0.5) is 11.7 Å². The molecule has 0 bridgehead atoms. The third-order valence-electron chi connectivity index (χ3n) is 2.78. The highest BCUT2D eigenvalue weighted by molar-refractivity contribution is 5.52. The van der Waals surface area contributed by atoms with Crippen LogP contribution in [0.25, 0.3) is 0 Å². The van der Waals surface area contributed by atoms with Gasteiger partial charge in [0.25, 0.3) is 0 Å². The zero-order valence-corrected chi connectivity index (χ0v) is 11.4. The molecule has 2 rings (SSSR count).